The first kappa shape index (κ1) is 23.0. The molecule has 0 unspecified atom stereocenters. The highest BCUT2D eigenvalue weighted by Gasteiger charge is 2.33. The molecule has 3 aromatic rings. The number of hydrogen-bond acceptors (Lipinski definition) is 7. The number of benzene rings is 2. The number of phenols is 1. The molecule has 9 heteroatoms. The van der Waals surface area contributed by atoms with E-state index in [1.54, 1.807) is 26.0 Å². The van der Waals surface area contributed by atoms with Crippen molar-refractivity contribution in [3.63, 3.8) is 0 Å². The van der Waals surface area contributed by atoms with Crippen molar-refractivity contribution in [3.8, 4) is 11.5 Å². The van der Waals surface area contributed by atoms with Crippen molar-refractivity contribution in [1.29, 1.82) is 0 Å². The maximum Gasteiger partial charge on any atom is 0.338 e. The second-order valence-electron chi connectivity index (χ2n) is 7.26. The van der Waals surface area contributed by atoms with Crippen molar-refractivity contribution in [3.05, 3.63) is 89.0 Å². The first-order valence-corrected chi connectivity index (χ1v) is 11.8. The monoisotopic (exact) mass is 528 g/mol. The van der Waals surface area contributed by atoms with Gasteiger partial charge >= 0.3 is 5.97 Å². The fraction of sp³-hybridized carbons (Fsp3) is 0.208. The molecule has 0 saturated heterocycles. The van der Waals surface area contributed by atoms with Gasteiger partial charge in [0.2, 0.25) is 0 Å². The zero-order valence-corrected chi connectivity index (χ0v) is 20.6. The van der Waals surface area contributed by atoms with Gasteiger partial charge in [0.15, 0.2) is 16.3 Å². The number of carbonyl (C=O) groups is 1. The van der Waals surface area contributed by atoms with Crippen LogP contribution in [0.4, 0.5) is 0 Å². The molecule has 0 amide bonds. The number of esters is 1. The average molecular weight is 529 g/mol. The van der Waals surface area contributed by atoms with Gasteiger partial charge in [-0.05, 0) is 43.2 Å². The number of methoxy groups -OCH3 is 1. The van der Waals surface area contributed by atoms with Gasteiger partial charge in [0.1, 0.15) is 0 Å². The molecule has 1 atom stereocenters. The van der Waals surface area contributed by atoms with Crippen LogP contribution in [0.1, 0.15) is 31.0 Å². The lowest BCUT2D eigenvalue weighted by Gasteiger charge is -2.24. The van der Waals surface area contributed by atoms with E-state index in [1.807, 2.05) is 30.3 Å². The minimum absolute atomic E-state index is 0.0123. The van der Waals surface area contributed by atoms with Gasteiger partial charge in [-0.1, -0.05) is 57.6 Å². The predicted octanol–water partition coefficient (Wildman–Crippen LogP) is 3.28. The Labute approximate surface area is 202 Å². The Morgan fingerprint density at radius 1 is 1.30 bits per heavy atom. The zero-order chi connectivity index (χ0) is 23.7. The summed E-state index contributed by atoms with van der Waals surface area (Å²) in [7, 11) is 1.46. The summed E-state index contributed by atoms with van der Waals surface area (Å²) in [5, 5.41) is 9.99. The molecule has 2 aromatic carbocycles. The van der Waals surface area contributed by atoms with Crippen molar-refractivity contribution in [2.24, 2.45) is 4.99 Å². The van der Waals surface area contributed by atoms with Gasteiger partial charge < -0.3 is 14.6 Å². The van der Waals surface area contributed by atoms with Gasteiger partial charge in [-0.3, -0.25) is 9.36 Å². The van der Waals surface area contributed by atoms with E-state index in [2.05, 4.69) is 20.9 Å². The van der Waals surface area contributed by atoms with E-state index in [-0.39, 0.29) is 17.9 Å². The number of fused-ring (bicyclic) bond motifs is 1. The first-order valence-electron chi connectivity index (χ1n) is 10.2. The highest BCUT2D eigenvalue weighted by molar-refractivity contribution is 9.10. The Morgan fingerprint density at radius 2 is 2.03 bits per heavy atom. The predicted molar refractivity (Wildman–Crippen MR) is 129 cm³/mol. The van der Waals surface area contributed by atoms with E-state index in [9.17, 15) is 14.7 Å². The van der Waals surface area contributed by atoms with Crippen LogP contribution in [0.25, 0.3) is 6.08 Å². The Balaban J connectivity index is 1.96. The van der Waals surface area contributed by atoms with E-state index in [0.29, 0.717) is 36.4 Å². The molecule has 0 aliphatic carbocycles. The number of halogens is 1. The highest BCUT2D eigenvalue weighted by Crippen LogP contribution is 2.33. The third kappa shape index (κ3) is 4.26. The lowest BCUT2D eigenvalue weighted by atomic mass is 9.96. The SMILES string of the molecule is CCOC(=O)C1=C(C)N=c2s/c(=C\c3cc(OC)c(O)cc3Br)c(=O)n2[C@H]1c1ccccc1. The second-order valence-corrected chi connectivity index (χ2v) is 9.12. The number of allylic oxidation sites excluding steroid dienone is 1. The fourth-order valence-corrected chi connectivity index (χ4v) is 5.20. The van der Waals surface area contributed by atoms with E-state index in [4.69, 9.17) is 9.47 Å². The molecule has 1 aliphatic heterocycles. The fourth-order valence-electron chi connectivity index (χ4n) is 3.72. The van der Waals surface area contributed by atoms with Crippen LogP contribution in [0.2, 0.25) is 0 Å². The molecule has 7 nitrogen and oxygen atoms in total. The molecular weight excluding hydrogens is 508 g/mol. The molecule has 1 aromatic heterocycles. The molecule has 170 valence electrons. The number of thiazole rings is 1. The van der Waals surface area contributed by atoms with Crippen LogP contribution in [0.5, 0.6) is 11.5 Å². The Bertz CT molecular complexity index is 1440. The third-order valence-corrected chi connectivity index (χ3v) is 6.89. The van der Waals surface area contributed by atoms with Gasteiger partial charge in [0, 0.05) is 4.47 Å². The minimum Gasteiger partial charge on any atom is -0.504 e. The number of rotatable bonds is 5. The molecule has 2 heterocycles. The van der Waals surface area contributed by atoms with Crippen molar-refractivity contribution >= 4 is 39.3 Å². The van der Waals surface area contributed by atoms with Gasteiger partial charge in [-0.2, -0.15) is 0 Å². The summed E-state index contributed by atoms with van der Waals surface area (Å²) in [6, 6.07) is 11.9. The largest absolute Gasteiger partial charge is 0.504 e. The van der Waals surface area contributed by atoms with E-state index < -0.39 is 12.0 Å². The number of nitrogens with zero attached hydrogens (tertiary/aromatic N) is 2. The summed E-state index contributed by atoms with van der Waals surface area (Å²) in [6.45, 7) is 3.71. The van der Waals surface area contributed by atoms with Crippen LogP contribution in [0.15, 0.2) is 68.0 Å². The summed E-state index contributed by atoms with van der Waals surface area (Å²) in [4.78, 5) is 31.5. The number of aromatic hydroxyl groups is 1. The number of phenolic OH excluding ortho intramolecular Hbond substituents is 1. The highest BCUT2D eigenvalue weighted by atomic mass is 79.9. The summed E-state index contributed by atoms with van der Waals surface area (Å²) in [5.74, 6) is -0.213. The molecule has 1 aliphatic rings. The number of carbonyl (C=O) groups excluding carboxylic acids is 1. The minimum atomic E-state index is -0.651. The van der Waals surface area contributed by atoms with Gasteiger partial charge in [-0.15, -0.1) is 0 Å². The molecule has 33 heavy (non-hydrogen) atoms. The lowest BCUT2D eigenvalue weighted by Crippen LogP contribution is -2.39. The molecule has 0 saturated carbocycles. The molecule has 0 spiro atoms. The number of ether oxygens (including phenoxy) is 2. The van der Waals surface area contributed by atoms with Crippen molar-refractivity contribution in [1.82, 2.24) is 4.57 Å². The van der Waals surface area contributed by atoms with E-state index in [0.717, 1.165) is 5.56 Å². The van der Waals surface area contributed by atoms with Crippen LogP contribution in [-0.4, -0.2) is 29.4 Å². The third-order valence-electron chi connectivity index (χ3n) is 5.22. The first-order chi connectivity index (χ1) is 15.8. The Kier molecular flexibility index (Phi) is 6.53. The lowest BCUT2D eigenvalue weighted by molar-refractivity contribution is -0.139. The van der Waals surface area contributed by atoms with Crippen LogP contribution < -0.4 is 19.6 Å². The Morgan fingerprint density at radius 3 is 2.70 bits per heavy atom. The molecule has 0 fully saturated rings. The summed E-state index contributed by atoms with van der Waals surface area (Å²) in [5.41, 5.74) is 2.03. The van der Waals surface area contributed by atoms with Crippen molar-refractivity contribution in [2.75, 3.05) is 13.7 Å². The standard InChI is InChI=1S/C24H21BrN2O5S/c1-4-32-23(30)20-13(2)26-24-27(21(20)14-8-6-5-7-9-14)22(29)19(33-24)11-15-10-18(31-3)17(28)12-16(15)25/h5-12,21,28H,4H2,1-3H3/b19-11-/t21-/m0/s1. The average Bonchev–Trinajstić information content (AvgIpc) is 3.09. The van der Waals surface area contributed by atoms with Crippen LogP contribution in [-0.2, 0) is 9.53 Å². The van der Waals surface area contributed by atoms with Crippen LogP contribution in [0.3, 0.4) is 0 Å². The van der Waals surface area contributed by atoms with Crippen LogP contribution >= 0.6 is 27.3 Å². The van der Waals surface area contributed by atoms with Gasteiger partial charge in [0.05, 0.1) is 35.6 Å². The number of aromatic nitrogens is 1. The molecule has 4 rings (SSSR count). The van der Waals surface area contributed by atoms with E-state index in [1.165, 1.54) is 29.1 Å². The van der Waals surface area contributed by atoms with Crippen molar-refractivity contribution < 1.29 is 19.4 Å². The maximum absolute atomic E-state index is 13.6. The zero-order valence-electron chi connectivity index (χ0n) is 18.2. The molecular formula is C24H21BrN2O5S. The van der Waals surface area contributed by atoms with Gasteiger partial charge in [-0.25, -0.2) is 9.79 Å². The second kappa shape index (κ2) is 9.36. The maximum atomic E-state index is 13.6. The Hall–Kier alpha value is -3.17. The summed E-state index contributed by atoms with van der Waals surface area (Å²) < 4.78 is 13.1. The molecule has 1 N–H and O–H groups in total. The summed E-state index contributed by atoms with van der Waals surface area (Å²) in [6.07, 6.45) is 1.71. The topological polar surface area (TPSA) is 90.1 Å². The van der Waals surface area contributed by atoms with E-state index >= 15 is 0 Å². The van der Waals surface area contributed by atoms with Crippen LogP contribution in [0, 0.1) is 0 Å². The smallest absolute Gasteiger partial charge is 0.338 e. The summed E-state index contributed by atoms with van der Waals surface area (Å²) >= 11 is 4.65. The number of hydrogen-bond donors (Lipinski definition) is 1. The molecule has 0 bridgehead atoms. The van der Waals surface area contributed by atoms with Crippen molar-refractivity contribution in [2.45, 2.75) is 19.9 Å². The van der Waals surface area contributed by atoms with Gasteiger partial charge in [0.25, 0.3) is 5.56 Å². The normalized spacial score (nSPS) is 15.8. The molecule has 0 radical (unpaired) electrons. The quantitative estimate of drug-likeness (QED) is 0.513.